The lowest BCUT2D eigenvalue weighted by Gasteiger charge is -2.36. The van der Waals surface area contributed by atoms with Crippen LogP contribution in [-0.4, -0.2) is 62.0 Å². The van der Waals surface area contributed by atoms with Crippen molar-refractivity contribution in [1.82, 2.24) is 35.4 Å². The number of nitrogens with one attached hydrogen (secondary N) is 4. The summed E-state index contributed by atoms with van der Waals surface area (Å²) in [4.78, 5) is 29.3. The number of carbonyl (C=O) groups is 1. The van der Waals surface area contributed by atoms with E-state index in [0.29, 0.717) is 35.7 Å². The first-order chi connectivity index (χ1) is 22.1. The number of nitriles is 1. The maximum atomic E-state index is 13.7. The molecule has 1 unspecified atom stereocenters. The maximum Gasteiger partial charge on any atom is 0.323 e. The number of hydrogen-bond donors (Lipinski definition) is 4. The van der Waals surface area contributed by atoms with Gasteiger partial charge in [-0.25, -0.2) is 14.8 Å². The van der Waals surface area contributed by atoms with E-state index in [1.54, 1.807) is 23.3 Å². The van der Waals surface area contributed by atoms with Gasteiger partial charge in [-0.15, -0.1) is 0 Å². The lowest BCUT2D eigenvalue weighted by Crippen LogP contribution is -2.49. The number of pyridine rings is 1. The Morgan fingerprint density at radius 2 is 1.89 bits per heavy atom. The van der Waals surface area contributed by atoms with Gasteiger partial charge in [0.25, 0.3) is 0 Å². The van der Waals surface area contributed by atoms with Crippen LogP contribution in [0.3, 0.4) is 0 Å². The van der Waals surface area contributed by atoms with Crippen molar-refractivity contribution >= 4 is 23.6 Å². The highest BCUT2D eigenvalue weighted by atomic mass is 16.2. The average molecular weight is 606 g/mol. The zero-order valence-corrected chi connectivity index (χ0v) is 25.5. The molecule has 1 saturated carbocycles. The van der Waals surface area contributed by atoms with Gasteiger partial charge in [-0.05, 0) is 62.8 Å². The Morgan fingerprint density at radius 3 is 2.58 bits per heavy atom. The summed E-state index contributed by atoms with van der Waals surface area (Å²) in [5.74, 6) is 1.68. The van der Waals surface area contributed by atoms with Crippen molar-refractivity contribution in [3.63, 3.8) is 0 Å². The van der Waals surface area contributed by atoms with Crippen molar-refractivity contribution in [2.75, 3.05) is 28.6 Å². The van der Waals surface area contributed by atoms with Gasteiger partial charge in [0.1, 0.15) is 23.3 Å². The van der Waals surface area contributed by atoms with Crippen LogP contribution in [0.4, 0.5) is 22.4 Å². The van der Waals surface area contributed by atoms with Gasteiger partial charge in [-0.3, -0.25) is 9.58 Å². The Bertz CT molecular complexity index is 1600. The Hall–Kier alpha value is -5.02. The third-order valence-electron chi connectivity index (χ3n) is 8.52. The van der Waals surface area contributed by atoms with Crippen LogP contribution in [0.5, 0.6) is 0 Å². The topological polar surface area (TPSA) is 149 Å². The molecule has 45 heavy (non-hydrogen) atoms. The number of benzene rings is 1. The quantitative estimate of drug-likeness (QED) is 0.206. The van der Waals surface area contributed by atoms with Crippen LogP contribution < -0.4 is 26.2 Å². The van der Waals surface area contributed by atoms with Crippen molar-refractivity contribution < 1.29 is 4.79 Å². The predicted octanol–water partition coefficient (Wildman–Crippen LogP) is 4.45. The minimum absolute atomic E-state index is 0.0198. The number of rotatable bonds is 10. The Morgan fingerprint density at radius 1 is 1.04 bits per heavy atom. The third-order valence-corrected chi connectivity index (χ3v) is 8.52. The molecule has 3 aromatic heterocycles. The molecule has 1 saturated heterocycles. The fourth-order valence-corrected chi connectivity index (χ4v) is 6.06. The van der Waals surface area contributed by atoms with Crippen molar-refractivity contribution in [2.45, 2.75) is 63.2 Å². The number of hydrogen-bond acceptors (Lipinski definition) is 9. The number of carbonyl (C=O) groups excluding carboxylic acids is 1. The molecule has 0 bridgehead atoms. The van der Waals surface area contributed by atoms with E-state index >= 15 is 0 Å². The molecule has 12 heteroatoms. The number of urea groups is 1. The fraction of sp³-hybridized carbons (Fsp3) is 0.394. The van der Waals surface area contributed by atoms with E-state index in [-0.39, 0.29) is 18.1 Å². The van der Waals surface area contributed by atoms with Crippen LogP contribution in [0.2, 0.25) is 0 Å². The summed E-state index contributed by atoms with van der Waals surface area (Å²) in [6.07, 6.45) is 12.6. The van der Waals surface area contributed by atoms with E-state index in [0.717, 1.165) is 68.3 Å². The molecule has 6 rings (SSSR count). The summed E-state index contributed by atoms with van der Waals surface area (Å²) in [6, 6.07) is 16.3. The van der Waals surface area contributed by atoms with Gasteiger partial charge in [-0.2, -0.15) is 15.3 Å². The van der Waals surface area contributed by atoms with E-state index in [1.165, 1.54) is 0 Å². The molecule has 12 nitrogen and oxygen atoms in total. The number of amides is 2. The molecule has 4 N–H and O–H groups in total. The summed E-state index contributed by atoms with van der Waals surface area (Å²) < 4.78 is 1.76. The lowest BCUT2D eigenvalue weighted by molar-refractivity contribution is 0.240. The SMILES string of the molecule is Cn1cc(-c2ccc(N(C(=O)NCc3ccccc3)C3CCC(Nc4ncc(C#N)c(NCC5CCCN5)n4)CC3)nc2)cn1. The molecule has 1 aromatic carbocycles. The lowest BCUT2D eigenvalue weighted by atomic mass is 9.90. The Kier molecular flexibility index (Phi) is 9.46. The fourth-order valence-electron chi connectivity index (χ4n) is 6.06. The molecule has 2 fully saturated rings. The molecule has 0 spiro atoms. The second-order valence-electron chi connectivity index (χ2n) is 11.7. The summed E-state index contributed by atoms with van der Waals surface area (Å²) in [6.45, 7) is 2.18. The van der Waals surface area contributed by atoms with E-state index in [9.17, 15) is 10.1 Å². The zero-order valence-electron chi connectivity index (χ0n) is 25.5. The predicted molar refractivity (Wildman–Crippen MR) is 174 cm³/mol. The van der Waals surface area contributed by atoms with Gasteiger partial charge in [-0.1, -0.05) is 30.3 Å². The molecule has 2 aliphatic rings. The second kappa shape index (κ2) is 14.2. The van der Waals surface area contributed by atoms with Crippen LogP contribution >= 0.6 is 0 Å². The standard InChI is InChI=1S/C33H39N11O/c1-43-22-26(20-40-43)24-9-14-30(36-18-24)44(33(45)39-17-23-6-3-2-4-7-23)29-12-10-27(11-13-29)41-32-38-19-25(16-34)31(42-32)37-21-28-8-5-15-35-28/h2-4,6-7,9,14,18-20,22,27-29,35H,5,8,10-13,15,17,21H2,1H3,(H,39,45)(H2,37,38,41,42). The van der Waals surface area contributed by atoms with Crippen molar-refractivity contribution in [1.29, 1.82) is 5.26 Å². The van der Waals surface area contributed by atoms with Gasteiger partial charge >= 0.3 is 6.03 Å². The molecule has 4 aromatic rings. The highest BCUT2D eigenvalue weighted by Gasteiger charge is 2.31. The van der Waals surface area contributed by atoms with Crippen molar-refractivity contribution in [3.8, 4) is 17.2 Å². The van der Waals surface area contributed by atoms with Crippen LogP contribution in [0.1, 0.15) is 49.7 Å². The maximum absolute atomic E-state index is 13.7. The van der Waals surface area contributed by atoms with E-state index < -0.39 is 0 Å². The van der Waals surface area contributed by atoms with Crippen molar-refractivity contribution in [3.05, 3.63) is 78.4 Å². The first kappa shape index (κ1) is 30.0. The Labute approximate surface area is 263 Å². The van der Waals surface area contributed by atoms with Crippen LogP contribution in [0, 0.1) is 11.3 Å². The highest BCUT2D eigenvalue weighted by molar-refractivity contribution is 5.91. The largest absolute Gasteiger partial charge is 0.367 e. The molecule has 4 heterocycles. The molecule has 1 atom stereocenters. The Balaban J connectivity index is 1.12. The molecule has 1 aliphatic carbocycles. The van der Waals surface area contributed by atoms with Gasteiger partial charge in [0.05, 0.1) is 12.4 Å². The molecule has 232 valence electrons. The molecule has 2 amide bonds. The van der Waals surface area contributed by atoms with E-state index in [2.05, 4.69) is 42.4 Å². The summed E-state index contributed by atoms with van der Waals surface area (Å²) in [7, 11) is 1.88. The molecular formula is C33H39N11O. The van der Waals surface area contributed by atoms with Crippen LogP contribution in [0.25, 0.3) is 11.1 Å². The van der Waals surface area contributed by atoms with Gasteiger partial charge < -0.3 is 21.3 Å². The first-order valence-corrected chi connectivity index (χ1v) is 15.6. The minimum Gasteiger partial charge on any atom is -0.367 e. The summed E-state index contributed by atoms with van der Waals surface area (Å²) in [5.41, 5.74) is 3.39. The molecule has 1 aliphatic heterocycles. The van der Waals surface area contributed by atoms with Crippen LogP contribution in [0.15, 0.2) is 67.3 Å². The van der Waals surface area contributed by atoms with Gasteiger partial charge in [0, 0.05) is 61.8 Å². The number of anilines is 3. The van der Waals surface area contributed by atoms with E-state index in [1.807, 2.05) is 60.6 Å². The monoisotopic (exact) mass is 605 g/mol. The summed E-state index contributed by atoms with van der Waals surface area (Å²) in [5, 5.41) is 27.2. The van der Waals surface area contributed by atoms with Gasteiger partial charge in [0.15, 0.2) is 0 Å². The average Bonchev–Trinajstić information content (AvgIpc) is 3.77. The summed E-state index contributed by atoms with van der Waals surface area (Å²) >= 11 is 0. The number of aryl methyl sites for hydroxylation is 1. The highest BCUT2D eigenvalue weighted by Crippen LogP contribution is 2.30. The second-order valence-corrected chi connectivity index (χ2v) is 11.7. The molecule has 0 radical (unpaired) electrons. The smallest absolute Gasteiger partial charge is 0.323 e. The first-order valence-electron chi connectivity index (χ1n) is 15.6. The number of nitrogens with zero attached hydrogens (tertiary/aromatic N) is 7. The number of aromatic nitrogens is 5. The van der Waals surface area contributed by atoms with E-state index in [4.69, 9.17) is 4.98 Å². The zero-order chi connectivity index (χ0) is 31.0. The van der Waals surface area contributed by atoms with Gasteiger partial charge in [0.2, 0.25) is 5.95 Å². The van der Waals surface area contributed by atoms with Crippen molar-refractivity contribution in [2.24, 2.45) is 7.05 Å². The normalized spacial score (nSPS) is 19.4. The third kappa shape index (κ3) is 7.56. The molecular weight excluding hydrogens is 566 g/mol. The minimum atomic E-state index is -0.167. The van der Waals surface area contributed by atoms with Crippen LogP contribution in [-0.2, 0) is 13.6 Å².